The molecule has 3 rings (SSSR count). The third kappa shape index (κ3) is 5.83. The Bertz CT molecular complexity index is 909. The Hall–Kier alpha value is -3.31. The highest BCUT2D eigenvalue weighted by Gasteiger charge is 2.24. The van der Waals surface area contributed by atoms with Crippen LogP contribution in [0.5, 0.6) is 17.2 Å². The third-order valence-electron chi connectivity index (χ3n) is 4.40. The zero-order chi connectivity index (χ0) is 20.5. The van der Waals surface area contributed by atoms with Gasteiger partial charge < -0.3 is 18.9 Å². The highest BCUT2D eigenvalue weighted by atomic mass is 16.6. The zero-order valence-electron chi connectivity index (χ0n) is 16.5. The van der Waals surface area contributed by atoms with Crippen LogP contribution in [0, 0.1) is 0 Å². The summed E-state index contributed by atoms with van der Waals surface area (Å²) < 4.78 is 22.1. The van der Waals surface area contributed by atoms with Crippen LogP contribution in [0.3, 0.4) is 0 Å². The number of ether oxygens (including phenoxy) is 4. The van der Waals surface area contributed by atoms with Crippen molar-refractivity contribution >= 4 is 5.97 Å². The van der Waals surface area contributed by atoms with E-state index in [0.29, 0.717) is 30.3 Å². The average Bonchev–Trinajstić information content (AvgIpc) is 2.77. The minimum Gasteiger partial charge on any atom is -0.497 e. The number of hydrogen-bond donors (Lipinski definition) is 0. The monoisotopic (exact) mass is 392 g/mol. The van der Waals surface area contributed by atoms with Gasteiger partial charge in [0.15, 0.2) is 17.6 Å². The average molecular weight is 392 g/mol. The number of carbonyl (C=O) groups is 1. The van der Waals surface area contributed by atoms with Crippen molar-refractivity contribution in [2.75, 3.05) is 14.2 Å². The van der Waals surface area contributed by atoms with Gasteiger partial charge in [0.1, 0.15) is 5.75 Å². The SMILES string of the molecule is COc1ccc(OC)c(OC(=O)[C@H](Cc2ccccc2)OCc2ccccc2)c1. The predicted molar refractivity (Wildman–Crippen MR) is 110 cm³/mol. The lowest BCUT2D eigenvalue weighted by atomic mass is 10.1. The molecule has 3 aromatic carbocycles. The Morgan fingerprint density at radius 3 is 2.07 bits per heavy atom. The number of rotatable bonds is 9. The van der Waals surface area contributed by atoms with Crippen LogP contribution in [-0.4, -0.2) is 26.3 Å². The Morgan fingerprint density at radius 1 is 0.793 bits per heavy atom. The molecule has 5 nitrogen and oxygen atoms in total. The van der Waals surface area contributed by atoms with E-state index in [9.17, 15) is 4.79 Å². The molecule has 5 heteroatoms. The molecule has 0 spiro atoms. The van der Waals surface area contributed by atoms with Crippen LogP contribution in [-0.2, 0) is 22.6 Å². The maximum Gasteiger partial charge on any atom is 0.341 e. The van der Waals surface area contributed by atoms with Gasteiger partial charge in [-0.1, -0.05) is 60.7 Å². The molecule has 0 saturated carbocycles. The molecule has 0 unspecified atom stereocenters. The quantitative estimate of drug-likeness (QED) is 0.398. The summed E-state index contributed by atoms with van der Waals surface area (Å²) in [7, 11) is 3.07. The second-order valence-corrected chi connectivity index (χ2v) is 6.41. The van der Waals surface area contributed by atoms with E-state index < -0.39 is 12.1 Å². The van der Waals surface area contributed by atoms with E-state index in [2.05, 4.69) is 0 Å². The van der Waals surface area contributed by atoms with Gasteiger partial charge in [-0.2, -0.15) is 0 Å². The van der Waals surface area contributed by atoms with Gasteiger partial charge in [-0.3, -0.25) is 0 Å². The summed E-state index contributed by atoms with van der Waals surface area (Å²) in [6.45, 7) is 0.308. The molecule has 1 atom stereocenters. The summed E-state index contributed by atoms with van der Waals surface area (Å²) in [5, 5.41) is 0. The summed E-state index contributed by atoms with van der Waals surface area (Å²) in [5.74, 6) is 0.814. The van der Waals surface area contributed by atoms with Crippen LogP contribution in [0.4, 0.5) is 0 Å². The van der Waals surface area contributed by atoms with Gasteiger partial charge in [-0.15, -0.1) is 0 Å². The topological polar surface area (TPSA) is 54.0 Å². The fourth-order valence-corrected chi connectivity index (χ4v) is 2.85. The molecule has 0 bridgehead atoms. The van der Waals surface area contributed by atoms with Crippen LogP contribution >= 0.6 is 0 Å². The zero-order valence-corrected chi connectivity index (χ0v) is 16.5. The molecule has 0 radical (unpaired) electrons. The highest BCUT2D eigenvalue weighted by Crippen LogP contribution is 2.31. The minimum absolute atomic E-state index is 0.290. The maximum atomic E-state index is 13.0. The first-order valence-corrected chi connectivity index (χ1v) is 9.32. The van der Waals surface area contributed by atoms with Crippen molar-refractivity contribution < 1.29 is 23.7 Å². The third-order valence-corrected chi connectivity index (χ3v) is 4.40. The van der Waals surface area contributed by atoms with E-state index in [1.54, 1.807) is 25.3 Å². The summed E-state index contributed by atoms with van der Waals surface area (Å²) >= 11 is 0. The van der Waals surface area contributed by atoms with Crippen LogP contribution in [0.2, 0.25) is 0 Å². The van der Waals surface area contributed by atoms with Crippen LogP contribution in [0.15, 0.2) is 78.9 Å². The van der Waals surface area contributed by atoms with E-state index in [1.165, 1.54) is 7.11 Å². The van der Waals surface area contributed by atoms with E-state index in [0.717, 1.165) is 11.1 Å². The van der Waals surface area contributed by atoms with Gasteiger partial charge >= 0.3 is 5.97 Å². The molecule has 0 aliphatic rings. The number of esters is 1. The molecule has 0 N–H and O–H groups in total. The van der Waals surface area contributed by atoms with Gasteiger partial charge in [0.25, 0.3) is 0 Å². The van der Waals surface area contributed by atoms with Crippen molar-refractivity contribution in [3.05, 3.63) is 90.0 Å². The van der Waals surface area contributed by atoms with Gasteiger partial charge in [0, 0.05) is 12.5 Å². The van der Waals surface area contributed by atoms with Gasteiger partial charge in [0.05, 0.1) is 20.8 Å². The highest BCUT2D eigenvalue weighted by molar-refractivity contribution is 5.78. The lowest BCUT2D eigenvalue weighted by Gasteiger charge is -2.18. The van der Waals surface area contributed by atoms with Crippen molar-refractivity contribution in [1.29, 1.82) is 0 Å². The lowest BCUT2D eigenvalue weighted by Crippen LogP contribution is -2.31. The molecule has 3 aromatic rings. The van der Waals surface area contributed by atoms with E-state index in [1.807, 2.05) is 60.7 Å². The van der Waals surface area contributed by atoms with Crippen molar-refractivity contribution in [3.8, 4) is 17.2 Å². The fourth-order valence-electron chi connectivity index (χ4n) is 2.85. The van der Waals surface area contributed by atoms with Crippen molar-refractivity contribution in [2.24, 2.45) is 0 Å². The predicted octanol–water partition coefficient (Wildman–Crippen LogP) is 4.44. The summed E-state index contributed by atoms with van der Waals surface area (Å²) in [6.07, 6.45) is -0.368. The maximum absolute atomic E-state index is 13.0. The first-order valence-electron chi connectivity index (χ1n) is 9.32. The molecule has 0 amide bonds. The van der Waals surface area contributed by atoms with Gasteiger partial charge in [0.2, 0.25) is 0 Å². The molecule has 0 heterocycles. The van der Waals surface area contributed by atoms with Crippen LogP contribution < -0.4 is 14.2 Å². The molecule has 0 aliphatic heterocycles. The number of methoxy groups -OCH3 is 2. The summed E-state index contributed by atoms with van der Waals surface area (Å²) in [6, 6.07) is 24.5. The van der Waals surface area contributed by atoms with Crippen molar-refractivity contribution in [2.45, 2.75) is 19.1 Å². The van der Waals surface area contributed by atoms with Crippen LogP contribution in [0.1, 0.15) is 11.1 Å². The van der Waals surface area contributed by atoms with Gasteiger partial charge in [-0.05, 0) is 23.3 Å². The largest absolute Gasteiger partial charge is 0.497 e. The number of hydrogen-bond acceptors (Lipinski definition) is 5. The molecule has 29 heavy (non-hydrogen) atoms. The molecular formula is C24H24O5. The summed E-state index contributed by atoms with van der Waals surface area (Å²) in [5.41, 5.74) is 1.97. The fraction of sp³-hybridized carbons (Fsp3) is 0.208. The van der Waals surface area contributed by atoms with Gasteiger partial charge in [-0.25, -0.2) is 4.79 Å². The molecule has 0 saturated heterocycles. The molecular weight excluding hydrogens is 368 g/mol. The Morgan fingerprint density at radius 2 is 1.45 bits per heavy atom. The standard InChI is InChI=1S/C24H24O5/c1-26-20-13-14-21(27-2)22(16-20)29-24(25)23(15-18-9-5-3-6-10-18)28-17-19-11-7-4-8-12-19/h3-14,16,23H,15,17H2,1-2H3/t23-/m0/s1. The molecule has 150 valence electrons. The first-order chi connectivity index (χ1) is 14.2. The van der Waals surface area contributed by atoms with E-state index >= 15 is 0 Å². The molecule has 0 fully saturated rings. The Kier molecular flexibility index (Phi) is 7.25. The lowest BCUT2D eigenvalue weighted by molar-refractivity contribution is -0.148. The molecule has 0 aromatic heterocycles. The van der Waals surface area contributed by atoms with Crippen molar-refractivity contribution in [1.82, 2.24) is 0 Å². The number of carbonyl (C=O) groups excluding carboxylic acids is 1. The smallest absolute Gasteiger partial charge is 0.341 e. The Labute approximate surface area is 170 Å². The first kappa shape index (κ1) is 20.4. The number of benzene rings is 3. The summed E-state index contributed by atoms with van der Waals surface area (Å²) in [4.78, 5) is 13.0. The van der Waals surface area contributed by atoms with Crippen molar-refractivity contribution in [3.63, 3.8) is 0 Å². The Balaban J connectivity index is 1.78. The second kappa shape index (κ2) is 10.3. The molecule has 0 aliphatic carbocycles. The minimum atomic E-state index is -0.770. The van der Waals surface area contributed by atoms with Crippen LogP contribution in [0.25, 0.3) is 0 Å². The van der Waals surface area contributed by atoms with E-state index in [-0.39, 0.29) is 0 Å². The normalized spacial score (nSPS) is 11.5. The second-order valence-electron chi connectivity index (χ2n) is 6.41. The van der Waals surface area contributed by atoms with E-state index in [4.69, 9.17) is 18.9 Å².